The first-order valence-corrected chi connectivity index (χ1v) is 9.25. The van der Waals surface area contributed by atoms with Gasteiger partial charge in [-0.2, -0.15) is 0 Å². The average Bonchev–Trinajstić information content (AvgIpc) is 2.50. The molecule has 1 heterocycles. The van der Waals surface area contributed by atoms with Crippen LogP contribution < -0.4 is 0 Å². The van der Waals surface area contributed by atoms with Gasteiger partial charge < -0.3 is 14.9 Å². The SMILES string of the molecule is C=C1C(O)[C@@H](O)C2(Br)OC3CC(C)(Cl)C(Br)CC13C2(C)C. The summed E-state index contributed by atoms with van der Waals surface area (Å²) in [6.07, 6.45) is -0.865. The molecule has 0 radical (unpaired) electrons. The Hall–Kier alpha value is 0.870. The zero-order valence-corrected chi connectivity index (χ0v) is 16.3. The molecule has 0 aromatic heterocycles. The molecule has 3 nitrogen and oxygen atoms in total. The molecule has 0 amide bonds. The highest BCUT2D eigenvalue weighted by molar-refractivity contribution is 9.10. The predicted octanol–water partition coefficient (Wildman–Crippen LogP) is 3.34. The molecule has 2 bridgehead atoms. The number of fused-ring (bicyclic) bond motifs is 1. The number of aliphatic hydroxyl groups is 2. The van der Waals surface area contributed by atoms with E-state index in [4.69, 9.17) is 16.3 Å². The van der Waals surface area contributed by atoms with E-state index in [9.17, 15) is 10.2 Å². The fourth-order valence-corrected chi connectivity index (χ4v) is 6.33. The fourth-order valence-electron chi connectivity index (χ4n) is 4.59. The van der Waals surface area contributed by atoms with Gasteiger partial charge in [-0.25, -0.2) is 0 Å². The van der Waals surface area contributed by atoms with E-state index in [1.54, 1.807) is 0 Å². The van der Waals surface area contributed by atoms with Crippen LogP contribution in [0.5, 0.6) is 0 Å². The first-order chi connectivity index (χ1) is 9.42. The topological polar surface area (TPSA) is 49.7 Å². The van der Waals surface area contributed by atoms with Crippen molar-refractivity contribution >= 4 is 43.5 Å². The lowest BCUT2D eigenvalue weighted by Crippen LogP contribution is -2.64. The Bertz CT molecular complexity index is 509. The van der Waals surface area contributed by atoms with Gasteiger partial charge in [-0.3, -0.25) is 0 Å². The summed E-state index contributed by atoms with van der Waals surface area (Å²) in [5.41, 5.74) is -0.175. The molecule has 3 fully saturated rings. The van der Waals surface area contributed by atoms with Crippen molar-refractivity contribution in [3.05, 3.63) is 12.2 Å². The molecule has 3 aliphatic rings. The first-order valence-electron chi connectivity index (χ1n) is 7.17. The molecule has 21 heavy (non-hydrogen) atoms. The molecule has 0 aromatic rings. The van der Waals surface area contributed by atoms with E-state index in [1.165, 1.54) is 0 Å². The number of halogens is 3. The van der Waals surface area contributed by atoms with Gasteiger partial charge >= 0.3 is 0 Å². The third-order valence-corrected chi connectivity index (χ3v) is 9.84. The highest BCUT2D eigenvalue weighted by atomic mass is 79.9. The lowest BCUT2D eigenvalue weighted by Gasteiger charge is -2.58. The Morgan fingerprint density at radius 1 is 1.29 bits per heavy atom. The summed E-state index contributed by atoms with van der Waals surface area (Å²) in [7, 11) is 0. The molecular weight excluding hydrogens is 423 g/mol. The van der Waals surface area contributed by atoms with Crippen molar-refractivity contribution in [3.8, 4) is 0 Å². The molecular formula is C15H21Br2ClO3. The molecule has 0 aromatic carbocycles. The van der Waals surface area contributed by atoms with Crippen LogP contribution >= 0.6 is 43.5 Å². The maximum atomic E-state index is 10.5. The van der Waals surface area contributed by atoms with Crippen molar-refractivity contribution in [2.24, 2.45) is 10.8 Å². The molecule has 2 saturated carbocycles. The van der Waals surface area contributed by atoms with Crippen molar-refractivity contribution in [2.45, 2.75) is 66.1 Å². The lowest BCUT2D eigenvalue weighted by atomic mass is 9.48. The monoisotopic (exact) mass is 442 g/mol. The second-order valence-corrected chi connectivity index (χ2v) is 10.6. The van der Waals surface area contributed by atoms with Gasteiger partial charge in [0.1, 0.15) is 12.2 Å². The van der Waals surface area contributed by atoms with Crippen molar-refractivity contribution in [3.63, 3.8) is 0 Å². The minimum absolute atomic E-state index is 0.0832. The normalized spacial score (nSPS) is 59.0. The smallest absolute Gasteiger partial charge is 0.157 e. The standard InChI is InChI=1S/C15H21Br2ClO3/c1-7-10(19)11(20)15(17)12(2,3)14(7)5-8(16)13(4,18)6-9(14)21-15/h8-11,19-20H,1,5-6H2,2-4H3/t8?,9?,10?,11-,13?,14?,15?/m1/s1. The zero-order chi connectivity index (χ0) is 16.0. The summed E-state index contributed by atoms with van der Waals surface area (Å²) in [5, 5.41) is 21.0. The van der Waals surface area contributed by atoms with Crippen LogP contribution in [0.25, 0.3) is 0 Å². The second-order valence-electron chi connectivity index (χ2n) is 7.42. The third kappa shape index (κ3) is 1.71. The van der Waals surface area contributed by atoms with Crippen LogP contribution in [0.2, 0.25) is 0 Å². The van der Waals surface area contributed by atoms with E-state index in [1.807, 2.05) is 6.92 Å². The van der Waals surface area contributed by atoms with Gasteiger partial charge in [0.25, 0.3) is 0 Å². The van der Waals surface area contributed by atoms with Crippen LogP contribution in [0, 0.1) is 10.8 Å². The van der Waals surface area contributed by atoms with Crippen LogP contribution in [0.1, 0.15) is 33.6 Å². The average molecular weight is 445 g/mol. The van der Waals surface area contributed by atoms with Crippen LogP contribution in [-0.2, 0) is 4.74 Å². The molecule has 2 N–H and O–H groups in total. The molecule has 1 spiro atoms. The van der Waals surface area contributed by atoms with Gasteiger partial charge in [0.05, 0.1) is 11.0 Å². The predicted molar refractivity (Wildman–Crippen MR) is 90.1 cm³/mol. The number of aliphatic hydroxyl groups excluding tert-OH is 2. The molecule has 7 atom stereocenters. The van der Waals surface area contributed by atoms with Crippen molar-refractivity contribution < 1.29 is 14.9 Å². The van der Waals surface area contributed by atoms with E-state index in [0.29, 0.717) is 12.0 Å². The number of rotatable bonds is 0. The second kappa shape index (κ2) is 4.48. The van der Waals surface area contributed by atoms with Gasteiger partial charge in [-0.15, -0.1) is 11.6 Å². The third-order valence-electron chi connectivity index (χ3n) is 6.18. The van der Waals surface area contributed by atoms with Gasteiger partial charge in [-0.1, -0.05) is 52.3 Å². The van der Waals surface area contributed by atoms with Crippen molar-refractivity contribution in [2.75, 3.05) is 0 Å². The first kappa shape index (κ1) is 16.7. The minimum atomic E-state index is -1.05. The van der Waals surface area contributed by atoms with Crippen LogP contribution in [0.4, 0.5) is 0 Å². The van der Waals surface area contributed by atoms with Gasteiger partial charge in [0.2, 0.25) is 0 Å². The minimum Gasteiger partial charge on any atom is -0.386 e. The van der Waals surface area contributed by atoms with Crippen LogP contribution in [0.3, 0.4) is 0 Å². The van der Waals surface area contributed by atoms with E-state index in [0.717, 1.165) is 6.42 Å². The molecule has 120 valence electrons. The van der Waals surface area contributed by atoms with Crippen molar-refractivity contribution in [1.29, 1.82) is 0 Å². The molecule has 6 unspecified atom stereocenters. The Kier molecular flexibility index (Phi) is 3.57. The molecule has 2 aliphatic carbocycles. The van der Waals surface area contributed by atoms with Crippen LogP contribution in [-0.4, -0.2) is 42.7 Å². The molecule has 1 aliphatic heterocycles. The highest BCUT2D eigenvalue weighted by Gasteiger charge is 2.77. The summed E-state index contributed by atoms with van der Waals surface area (Å²) in [4.78, 5) is -0.344. The van der Waals surface area contributed by atoms with E-state index >= 15 is 0 Å². The van der Waals surface area contributed by atoms with Crippen molar-refractivity contribution in [1.82, 2.24) is 0 Å². The van der Waals surface area contributed by atoms with E-state index in [-0.39, 0.29) is 10.9 Å². The largest absolute Gasteiger partial charge is 0.386 e. The number of alkyl halides is 3. The van der Waals surface area contributed by atoms with E-state index < -0.39 is 32.4 Å². The van der Waals surface area contributed by atoms with Gasteiger partial charge in [-0.05, 0) is 25.3 Å². The lowest BCUT2D eigenvalue weighted by molar-refractivity contribution is -0.126. The zero-order valence-electron chi connectivity index (χ0n) is 12.4. The summed E-state index contributed by atoms with van der Waals surface area (Å²) in [5.74, 6) is 0. The van der Waals surface area contributed by atoms with E-state index in [2.05, 4.69) is 52.3 Å². The molecule has 1 saturated heterocycles. The maximum absolute atomic E-state index is 10.5. The summed E-state index contributed by atoms with van der Waals surface area (Å²) >= 11 is 14.0. The summed E-state index contributed by atoms with van der Waals surface area (Å²) < 4.78 is 5.27. The summed E-state index contributed by atoms with van der Waals surface area (Å²) in [6.45, 7) is 10.3. The Morgan fingerprint density at radius 2 is 1.86 bits per heavy atom. The molecule has 6 heteroatoms. The van der Waals surface area contributed by atoms with Gasteiger partial charge in [0, 0.05) is 15.7 Å². The maximum Gasteiger partial charge on any atom is 0.157 e. The number of ether oxygens (including phenoxy) is 1. The Labute approximate surface area is 147 Å². The number of hydrogen-bond acceptors (Lipinski definition) is 3. The quantitative estimate of drug-likeness (QED) is 0.445. The fraction of sp³-hybridized carbons (Fsp3) is 0.867. The molecule has 3 rings (SSSR count). The highest BCUT2D eigenvalue weighted by Crippen LogP contribution is 2.73. The number of hydrogen-bond donors (Lipinski definition) is 2. The Morgan fingerprint density at radius 3 is 2.43 bits per heavy atom. The van der Waals surface area contributed by atoms with Crippen LogP contribution in [0.15, 0.2) is 12.2 Å². The summed E-state index contributed by atoms with van der Waals surface area (Å²) in [6, 6.07) is 0. The Balaban J connectivity index is 2.19. The van der Waals surface area contributed by atoms with Gasteiger partial charge in [0.15, 0.2) is 4.51 Å².